The standard InChI is InChI=1S/C22H17N5O4S/c1-31-17-9-5-4-8-15(17)16-12-32-22-24-21(25-27(16)22)23-18(28)10-11-26-19(29)13-6-2-3-7-14(13)20(26)30/h2-9,12H,10-11H2,1H3,(H,23,25,28). The first-order chi connectivity index (χ1) is 15.6. The number of nitrogens with zero attached hydrogens (tertiary/aromatic N) is 4. The van der Waals surface area contributed by atoms with Crippen LogP contribution >= 0.6 is 11.3 Å². The fraction of sp³-hybridized carbons (Fsp3) is 0.136. The minimum atomic E-state index is -0.390. The summed E-state index contributed by atoms with van der Waals surface area (Å²) in [7, 11) is 1.60. The van der Waals surface area contributed by atoms with E-state index in [2.05, 4.69) is 15.4 Å². The number of methoxy groups -OCH3 is 1. The van der Waals surface area contributed by atoms with Gasteiger partial charge in [-0.25, -0.2) is 4.52 Å². The Labute approximate surface area is 186 Å². The average molecular weight is 447 g/mol. The third kappa shape index (κ3) is 3.30. The molecular weight excluding hydrogens is 430 g/mol. The van der Waals surface area contributed by atoms with Gasteiger partial charge in [-0.2, -0.15) is 4.98 Å². The Morgan fingerprint density at radius 3 is 2.38 bits per heavy atom. The zero-order chi connectivity index (χ0) is 22.2. The molecule has 0 saturated heterocycles. The minimum Gasteiger partial charge on any atom is -0.496 e. The van der Waals surface area contributed by atoms with E-state index in [1.165, 1.54) is 11.3 Å². The fourth-order valence-corrected chi connectivity index (χ4v) is 4.44. The fourth-order valence-electron chi connectivity index (χ4n) is 3.62. The third-order valence-corrected chi connectivity index (χ3v) is 5.97. The first-order valence-electron chi connectivity index (χ1n) is 9.79. The van der Waals surface area contributed by atoms with Crippen LogP contribution in [-0.4, -0.2) is 50.9 Å². The number of hydrogen-bond donors (Lipinski definition) is 1. The van der Waals surface area contributed by atoms with Crippen LogP contribution in [-0.2, 0) is 4.79 Å². The Kier molecular flexibility index (Phi) is 4.91. The molecular formula is C22H17N5O4S. The van der Waals surface area contributed by atoms with E-state index >= 15 is 0 Å². The molecule has 0 radical (unpaired) electrons. The summed E-state index contributed by atoms with van der Waals surface area (Å²) in [5.74, 6) is -0.311. The summed E-state index contributed by atoms with van der Waals surface area (Å²) < 4.78 is 7.07. The molecule has 2 aromatic carbocycles. The molecule has 3 amide bonds. The topological polar surface area (TPSA) is 106 Å². The van der Waals surface area contributed by atoms with E-state index in [9.17, 15) is 14.4 Å². The smallest absolute Gasteiger partial charge is 0.261 e. The van der Waals surface area contributed by atoms with E-state index in [1.54, 1.807) is 35.9 Å². The highest BCUT2D eigenvalue weighted by atomic mass is 32.1. The number of thiazole rings is 1. The summed E-state index contributed by atoms with van der Waals surface area (Å²) in [5.41, 5.74) is 2.37. The van der Waals surface area contributed by atoms with Crippen molar-refractivity contribution in [1.82, 2.24) is 19.5 Å². The molecule has 0 fully saturated rings. The van der Waals surface area contributed by atoms with E-state index in [1.807, 2.05) is 29.6 Å². The molecule has 160 valence electrons. The number of anilines is 1. The normalized spacial score (nSPS) is 13.0. The number of benzene rings is 2. The first-order valence-corrected chi connectivity index (χ1v) is 10.7. The van der Waals surface area contributed by atoms with Crippen molar-refractivity contribution in [2.75, 3.05) is 19.0 Å². The van der Waals surface area contributed by atoms with Gasteiger partial charge in [-0.15, -0.1) is 16.4 Å². The lowest BCUT2D eigenvalue weighted by Gasteiger charge is -2.12. The summed E-state index contributed by atoms with van der Waals surface area (Å²) in [6.07, 6.45) is -0.0578. The molecule has 0 aliphatic carbocycles. The zero-order valence-electron chi connectivity index (χ0n) is 16.9. The highest BCUT2D eigenvalue weighted by molar-refractivity contribution is 7.15. The number of hydrogen-bond acceptors (Lipinski definition) is 7. The van der Waals surface area contributed by atoms with Gasteiger partial charge in [0.25, 0.3) is 11.8 Å². The number of para-hydroxylation sites is 1. The largest absolute Gasteiger partial charge is 0.496 e. The van der Waals surface area contributed by atoms with Crippen LogP contribution in [0.3, 0.4) is 0 Å². The maximum Gasteiger partial charge on any atom is 0.261 e. The molecule has 32 heavy (non-hydrogen) atoms. The molecule has 1 N–H and O–H groups in total. The highest BCUT2D eigenvalue weighted by Gasteiger charge is 2.35. The molecule has 9 nitrogen and oxygen atoms in total. The van der Waals surface area contributed by atoms with Crippen LogP contribution in [0.5, 0.6) is 5.75 Å². The molecule has 0 atom stereocenters. The van der Waals surface area contributed by atoms with Gasteiger partial charge in [-0.1, -0.05) is 24.3 Å². The molecule has 0 saturated carbocycles. The third-order valence-electron chi connectivity index (χ3n) is 5.16. The van der Waals surface area contributed by atoms with Gasteiger partial charge in [-0.3, -0.25) is 24.6 Å². The molecule has 3 heterocycles. The SMILES string of the molecule is COc1ccccc1-c1csc2nc(NC(=O)CCN3C(=O)c4ccccc4C3=O)nn12. The molecule has 0 unspecified atom stereocenters. The van der Waals surface area contributed by atoms with Crippen LogP contribution in [0.15, 0.2) is 53.9 Å². The maximum atomic E-state index is 12.4. The second kappa shape index (κ2) is 7.89. The van der Waals surface area contributed by atoms with Crippen LogP contribution in [0.4, 0.5) is 5.95 Å². The van der Waals surface area contributed by atoms with Crippen molar-refractivity contribution in [3.05, 3.63) is 65.0 Å². The summed E-state index contributed by atoms with van der Waals surface area (Å²) in [6, 6.07) is 14.2. The van der Waals surface area contributed by atoms with Crippen LogP contribution < -0.4 is 10.1 Å². The van der Waals surface area contributed by atoms with Gasteiger partial charge >= 0.3 is 0 Å². The zero-order valence-corrected chi connectivity index (χ0v) is 17.8. The van der Waals surface area contributed by atoms with Crippen molar-refractivity contribution in [3.8, 4) is 17.0 Å². The van der Waals surface area contributed by atoms with Crippen molar-refractivity contribution in [2.24, 2.45) is 0 Å². The predicted molar refractivity (Wildman–Crippen MR) is 118 cm³/mol. The molecule has 4 aromatic rings. The summed E-state index contributed by atoms with van der Waals surface area (Å²) in [5, 5.41) is 8.95. The molecule has 0 bridgehead atoms. The van der Waals surface area contributed by atoms with Crippen LogP contribution in [0.25, 0.3) is 16.2 Å². The van der Waals surface area contributed by atoms with Crippen LogP contribution in [0, 0.1) is 0 Å². The van der Waals surface area contributed by atoms with Gasteiger partial charge in [-0.05, 0) is 24.3 Å². The van der Waals surface area contributed by atoms with Gasteiger partial charge in [0.1, 0.15) is 5.75 Å². The van der Waals surface area contributed by atoms with Crippen molar-refractivity contribution in [3.63, 3.8) is 0 Å². The molecule has 10 heteroatoms. The number of amides is 3. The molecule has 1 aliphatic rings. The highest BCUT2D eigenvalue weighted by Crippen LogP contribution is 2.32. The van der Waals surface area contributed by atoms with Gasteiger partial charge in [0.15, 0.2) is 0 Å². The van der Waals surface area contributed by atoms with Gasteiger partial charge in [0, 0.05) is 23.9 Å². The molecule has 5 rings (SSSR count). The number of carbonyl (C=O) groups excluding carboxylic acids is 3. The van der Waals surface area contributed by atoms with Gasteiger partial charge < -0.3 is 4.74 Å². The quantitative estimate of drug-likeness (QED) is 0.456. The molecule has 2 aromatic heterocycles. The lowest BCUT2D eigenvalue weighted by molar-refractivity contribution is -0.116. The van der Waals surface area contributed by atoms with E-state index < -0.39 is 5.91 Å². The monoisotopic (exact) mass is 447 g/mol. The van der Waals surface area contributed by atoms with E-state index in [0.29, 0.717) is 21.8 Å². The second-order valence-electron chi connectivity index (χ2n) is 7.06. The Morgan fingerprint density at radius 1 is 1.03 bits per heavy atom. The Bertz CT molecular complexity index is 1340. The van der Waals surface area contributed by atoms with E-state index in [-0.39, 0.29) is 30.7 Å². The summed E-state index contributed by atoms with van der Waals surface area (Å²) >= 11 is 1.39. The lowest BCUT2D eigenvalue weighted by atomic mass is 10.1. The number of carbonyl (C=O) groups is 3. The number of imide groups is 1. The van der Waals surface area contributed by atoms with E-state index in [0.717, 1.165) is 16.2 Å². The van der Waals surface area contributed by atoms with Crippen molar-refractivity contribution < 1.29 is 19.1 Å². The maximum absolute atomic E-state index is 12.4. The van der Waals surface area contributed by atoms with Gasteiger partial charge in [0.2, 0.25) is 16.8 Å². The summed E-state index contributed by atoms with van der Waals surface area (Å²) in [6.45, 7) is -0.0210. The van der Waals surface area contributed by atoms with Gasteiger partial charge in [0.05, 0.1) is 23.9 Å². The number of rotatable bonds is 6. The molecule has 1 aliphatic heterocycles. The predicted octanol–water partition coefficient (Wildman–Crippen LogP) is 3.09. The number of aromatic nitrogens is 3. The van der Waals surface area contributed by atoms with Crippen LogP contribution in [0.2, 0.25) is 0 Å². The second-order valence-corrected chi connectivity index (χ2v) is 7.89. The first kappa shape index (κ1) is 19.9. The van der Waals surface area contributed by atoms with Crippen molar-refractivity contribution in [2.45, 2.75) is 6.42 Å². The number of ether oxygens (including phenoxy) is 1. The average Bonchev–Trinajstić information content (AvgIpc) is 3.45. The Morgan fingerprint density at radius 2 is 1.69 bits per heavy atom. The Balaban J connectivity index is 1.29. The van der Waals surface area contributed by atoms with Crippen molar-refractivity contribution in [1.29, 1.82) is 0 Å². The lowest BCUT2D eigenvalue weighted by Crippen LogP contribution is -2.33. The number of nitrogens with one attached hydrogen (secondary N) is 1. The van der Waals surface area contributed by atoms with Crippen LogP contribution in [0.1, 0.15) is 27.1 Å². The van der Waals surface area contributed by atoms with Crippen molar-refractivity contribution >= 4 is 40.0 Å². The number of fused-ring (bicyclic) bond motifs is 2. The Hall–Kier alpha value is -4.05. The molecule has 0 spiro atoms. The minimum absolute atomic E-state index is 0.0210. The summed E-state index contributed by atoms with van der Waals surface area (Å²) in [4.78, 5) is 43.3. The van der Waals surface area contributed by atoms with E-state index in [4.69, 9.17) is 4.74 Å².